The first-order chi connectivity index (χ1) is 15.7. The second kappa shape index (κ2) is 8.27. The number of thioether (sulfide) groups is 1. The van der Waals surface area contributed by atoms with E-state index in [2.05, 4.69) is 10.3 Å². The summed E-state index contributed by atoms with van der Waals surface area (Å²) in [6.45, 7) is 0. The van der Waals surface area contributed by atoms with Gasteiger partial charge in [0.15, 0.2) is 11.5 Å². The van der Waals surface area contributed by atoms with Crippen LogP contribution in [0.4, 0.5) is 11.6 Å². The second-order valence-corrected chi connectivity index (χ2v) is 7.71. The first kappa shape index (κ1) is 20.0. The third-order valence-corrected chi connectivity index (χ3v) is 5.73. The molecule has 0 saturated heterocycles. The van der Waals surface area contributed by atoms with Gasteiger partial charge in [0.2, 0.25) is 5.95 Å². The van der Waals surface area contributed by atoms with Gasteiger partial charge < -0.3 is 10.1 Å². The van der Waals surface area contributed by atoms with Crippen LogP contribution >= 0.6 is 11.8 Å². The maximum atomic E-state index is 12.4. The van der Waals surface area contributed by atoms with Gasteiger partial charge in [0.25, 0.3) is 5.56 Å². The Labute approximate surface area is 187 Å². The molecular weight excluding hydrogens is 424 g/mol. The van der Waals surface area contributed by atoms with Crippen molar-refractivity contribution in [2.75, 3.05) is 18.7 Å². The van der Waals surface area contributed by atoms with Crippen LogP contribution in [0.3, 0.4) is 0 Å². The number of benzene rings is 2. The molecule has 0 saturated carbocycles. The van der Waals surface area contributed by atoms with E-state index in [0.717, 1.165) is 27.1 Å². The van der Waals surface area contributed by atoms with Gasteiger partial charge in [0, 0.05) is 22.0 Å². The number of nitrogens with zero attached hydrogens (tertiary/aromatic N) is 5. The third-order valence-electron chi connectivity index (χ3n) is 4.96. The summed E-state index contributed by atoms with van der Waals surface area (Å²) in [6, 6.07) is 18.6. The number of para-hydroxylation sites is 1. The fourth-order valence-corrected chi connectivity index (χ4v) is 3.95. The summed E-state index contributed by atoms with van der Waals surface area (Å²) in [5.74, 6) is 1.68. The molecule has 9 heteroatoms. The van der Waals surface area contributed by atoms with Gasteiger partial charge in [-0.05, 0) is 54.8 Å². The van der Waals surface area contributed by atoms with Crippen LogP contribution in [-0.4, -0.2) is 37.9 Å². The molecule has 32 heavy (non-hydrogen) atoms. The molecule has 3 heterocycles. The summed E-state index contributed by atoms with van der Waals surface area (Å²) in [6.07, 6.45) is 3.46. The number of fused-ring (bicyclic) bond motifs is 3. The molecule has 1 N–H and O–H groups in total. The zero-order valence-corrected chi connectivity index (χ0v) is 18.1. The molecular formula is C23H18N6O2S. The Bertz CT molecular complexity index is 1500. The molecule has 0 aliphatic carbocycles. The normalized spacial score (nSPS) is 11.1. The number of anilines is 2. The van der Waals surface area contributed by atoms with Crippen molar-refractivity contribution in [1.29, 1.82) is 0 Å². The summed E-state index contributed by atoms with van der Waals surface area (Å²) in [5, 5.41) is 8.67. The van der Waals surface area contributed by atoms with Crippen LogP contribution in [0, 0.1) is 0 Å². The van der Waals surface area contributed by atoms with E-state index in [9.17, 15) is 4.79 Å². The predicted octanol–water partition coefficient (Wildman–Crippen LogP) is 4.17. The molecule has 0 bridgehead atoms. The Hall–Kier alpha value is -3.98. The standard InChI is InChI=1S/C23H18N6O2S/c1-31-15-11-9-14(10-12-15)20-27-21-16-6-5-8-18(32-2)19(16)26-23(29(21)28-20)25-17-7-3-4-13-24-22(17)30/h3-13H,1-2H3,(H,24,25,26,30). The molecule has 5 aromatic rings. The molecule has 0 aliphatic rings. The van der Waals surface area contributed by atoms with Crippen LogP contribution in [0.1, 0.15) is 0 Å². The lowest BCUT2D eigenvalue weighted by atomic mass is 10.2. The average Bonchev–Trinajstić information content (AvgIpc) is 3.19. The first-order valence-electron chi connectivity index (χ1n) is 9.78. The van der Waals surface area contributed by atoms with E-state index in [-0.39, 0.29) is 0 Å². The fraction of sp³-hybridized carbons (Fsp3) is 0.0870. The predicted molar refractivity (Wildman–Crippen MR) is 126 cm³/mol. The highest BCUT2D eigenvalue weighted by molar-refractivity contribution is 7.98. The van der Waals surface area contributed by atoms with Gasteiger partial charge in [-0.1, -0.05) is 12.1 Å². The number of hydrogen-bond acceptors (Lipinski definition) is 8. The molecule has 0 radical (unpaired) electrons. The smallest absolute Gasteiger partial charge is 0.293 e. The highest BCUT2D eigenvalue weighted by Gasteiger charge is 2.17. The monoisotopic (exact) mass is 442 g/mol. The number of ether oxygens (including phenoxy) is 1. The summed E-state index contributed by atoms with van der Waals surface area (Å²) >= 11 is 1.59. The Morgan fingerprint density at radius 3 is 2.62 bits per heavy atom. The third kappa shape index (κ3) is 3.52. The van der Waals surface area contributed by atoms with Crippen molar-refractivity contribution in [3.63, 3.8) is 0 Å². The van der Waals surface area contributed by atoms with E-state index < -0.39 is 5.56 Å². The largest absolute Gasteiger partial charge is 0.497 e. The summed E-state index contributed by atoms with van der Waals surface area (Å²) in [5.41, 5.74) is 2.17. The molecule has 0 amide bonds. The molecule has 5 rings (SSSR count). The molecule has 0 aliphatic heterocycles. The molecule has 2 aromatic carbocycles. The van der Waals surface area contributed by atoms with Crippen LogP contribution in [0.5, 0.6) is 5.75 Å². The highest BCUT2D eigenvalue weighted by Crippen LogP contribution is 2.30. The topological polar surface area (TPSA) is 94.3 Å². The number of nitrogens with one attached hydrogen (secondary N) is 1. The van der Waals surface area contributed by atoms with Crippen LogP contribution in [-0.2, 0) is 0 Å². The Kier molecular flexibility index (Phi) is 5.16. The van der Waals surface area contributed by atoms with Crippen LogP contribution in [0.2, 0.25) is 0 Å². The average molecular weight is 443 g/mol. The first-order valence-corrected chi connectivity index (χ1v) is 11.0. The van der Waals surface area contributed by atoms with Gasteiger partial charge in [-0.25, -0.2) is 15.0 Å². The Balaban J connectivity index is 1.76. The van der Waals surface area contributed by atoms with E-state index in [4.69, 9.17) is 19.8 Å². The zero-order chi connectivity index (χ0) is 22.1. The van der Waals surface area contributed by atoms with E-state index in [1.165, 1.54) is 6.20 Å². The number of hydrogen-bond donors (Lipinski definition) is 1. The second-order valence-electron chi connectivity index (χ2n) is 6.86. The summed E-state index contributed by atoms with van der Waals surface area (Å²) in [7, 11) is 1.62. The van der Waals surface area contributed by atoms with Crippen molar-refractivity contribution in [2.24, 2.45) is 0 Å². The van der Waals surface area contributed by atoms with E-state index in [1.807, 2.05) is 48.7 Å². The van der Waals surface area contributed by atoms with Crippen molar-refractivity contribution < 1.29 is 4.74 Å². The molecule has 8 nitrogen and oxygen atoms in total. The highest BCUT2D eigenvalue weighted by atomic mass is 32.2. The minimum Gasteiger partial charge on any atom is -0.497 e. The molecule has 0 atom stereocenters. The quantitative estimate of drug-likeness (QED) is 0.405. The van der Waals surface area contributed by atoms with E-state index >= 15 is 0 Å². The van der Waals surface area contributed by atoms with Gasteiger partial charge in [0.1, 0.15) is 11.4 Å². The Morgan fingerprint density at radius 1 is 1.00 bits per heavy atom. The molecule has 158 valence electrons. The molecule has 0 fully saturated rings. The van der Waals surface area contributed by atoms with Crippen LogP contribution in [0.25, 0.3) is 27.9 Å². The van der Waals surface area contributed by atoms with Crippen molar-refractivity contribution in [2.45, 2.75) is 4.90 Å². The SMILES string of the molecule is COc1ccc(-c2nc3c4cccc(SC)c4nc(Nc4ccccnc4=O)n3n2)cc1. The van der Waals surface area contributed by atoms with E-state index in [0.29, 0.717) is 23.1 Å². The van der Waals surface area contributed by atoms with Gasteiger partial charge in [-0.2, -0.15) is 4.52 Å². The zero-order valence-electron chi connectivity index (χ0n) is 17.3. The van der Waals surface area contributed by atoms with Gasteiger partial charge >= 0.3 is 0 Å². The van der Waals surface area contributed by atoms with Gasteiger partial charge in [-0.3, -0.25) is 4.79 Å². The summed E-state index contributed by atoms with van der Waals surface area (Å²) < 4.78 is 6.87. The number of aromatic nitrogens is 5. The van der Waals surface area contributed by atoms with Gasteiger partial charge in [0.05, 0.1) is 12.6 Å². The molecule has 3 aromatic heterocycles. The Morgan fingerprint density at radius 2 is 1.84 bits per heavy atom. The fourth-order valence-electron chi connectivity index (χ4n) is 3.38. The maximum Gasteiger partial charge on any atom is 0.293 e. The molecule has 0 unspecified atom stereocenters. The van der Waals surface area contributed by atoms with E-state index in [1.54, 1.807) is 41.6 Å². The van der Waals surface area contributed by atoms with Crippen molar-refractivity contribution >= 4 is 39.9 Å². The number of methoxy groups -OCH3 is 1. The lowest BCUT2D eigenvalue weighted by molar-refractivity contribution is 0.415. The lowest BCUT2D eigenvalue weighted by Crippen LogP contribution is -2.11. The maximum absolute atomic E-state index is 12.4. The van der Waals surface area contributed by atoms with Crippen LogP contribution < -0.4 is 15.6 Å². The lowest BCUT2D eigenvalue weighted by Gasteiger charge is -2.09. The van der Waals surface area contributed by atoms with Gasteiger partial charge in [-0.15, -0.1) is 16.9 Å². The summed E-state index contributed by atoms with van der Waals surface area (Å²) in [4.78, 5) is 26.9. The van der Waals surface area contributed by atoms with Crippen molar-refractivity contribution in [1.82, 2.24) is 24.6 Å². The van der Waals surface area contributed by atoms with Crippen molar-refractivity contribution in [3.05, 3.63) is 77.2 Å². The minimum atomic E-state index is -0.390. The molecule has 0 spiro atoms. The number of rotatable bonds is 5. The van der Waals surface area contributed by atoms with Crippen molar-refractivity contribution in [3.8, 4) is 17.1 Å². The van der Waals surface area contributed by atoms with Crippen LogP contribution in [0.15, 0.2) is 76.6 Å². The minimum absolute atomic E-state index is 0.297.